The van der Waals surface area contributed by atoms with Gasteiger partial charge in [-0.1, -0.05) is 12.1 Å². The topological polar surface area (TPSA) is 65.1 Å². The van der Waals surface area contributed by atoms with E-state index in [0.717, 1.165) is 36.9 Å². The van der Waals surface area contributed by atoms with Gasteiger partial charge in [-0.3, -0.25) is 4.99 Å². The molecule has 2 aromatic heterocycles. The lowest BCUT2D eigenvalue weighted by atomic mass is 10.1. The van der Waals surface area contributed by atoms with Crippen LogP contribution in [0.25, 0.3) is 10.9 Å². The number of benzene rings is 1. The lowest BCUT2D eigenvalue weighted by Crippen LogP contribution is -2.39. The number of hydrogen-bond acceptors (Lipinski definition) is 3. The highest BCUT2D eigenvalue weighted by molar-refractivity contribution is 7.11. The molecular formula is C19H25N5S. The van der Waals surface area contributed by atoms with Gasteiger partial charge >= 0.3 is 0 Å². The van der Waals surface area contributed by atoms with Gasteiger partial charge in [-0.15, -0.1) is 11.3 Å². The summed E-state index contributed by atoms with van der Waals surface area (Å²) in [7, 11) is 1.80. The quantitative estimate of drug-likeness (QED) is 0.470. The number of aromatic nitrogens is 2. The standard InChI is InChI=1S/C19H25N5S/c1-13-5-4-6-16-18(13)15(12-23-16)7-9-21-19(20-3)22-10-8-17-24-11-14(2)25-17/h4-6,11-12,23H,7-10H2,1-3H3,(H2,20,21,22). The number of H-pyrrole nitrogens is 1. The maximum Gasteiger partial charge on any atom is 0.191 e. The summed E-state index contributed by atoms with van der Waals surface area (Å²) in [5.41, 5.74) is 3.86. The van der Waals surface area contributed by atoms with E-state index in [1.54, 1.807) is 18.4 Å². The first-order chi connectivity index (χ1) is 12.2. The molecular weight excluding hydrogens is 330 g/mol. The fourth-order valence-electron chi connectivity index (χ4n) is 2.99. The van der Waals surface area contributed by atoms with Gasteiger partial charge in [0.2, 0.25) is 0 Å². The van der Waals surface area contributed by atoms with Crippen LogP contribution in [0.2, 0.25) is 0 Å². The number of nitrogens with one attached hydrogen (secondary N) is 3. The van der Waals surface area contributed by atoms with Gasteiger partial charge in [0, 0.05) is 54.7 Å². The second kappa shape index (κ2) is 8.16. The van der Waals surface area contributed by atoms with Crippen molar-refractivity contribution in [2.45, 2.75) is 26.7 Å². The van der Waals surface area contributed by atoms with E-state index in [0.29, 0.717) is 0 Å². The summed E-state index contributed by atoms with van der Waals surface area (Å²) in [5, 5.41) is 9.25. The maximum absolute atomic E-state index is 4.39. The Bertz CT molecular complexity index is 862. The normalized spacial score (nSPS) is 11.9. The monoisotopic (exact) mass is 355 g/mol. The molecule has 0 bridgehead atoms. The molecule has 0 spiro atoms. The van der Waals surface area contributed by atoms with Crippen LogP contribution in [0.15, 0.2) is 35.6 Å². The Balaban J connectivity index is 1.48. The van der Waals surface area contributed by atoms with Gasteiger partial charge in [0.15, 0.2) is 5.96 Å². The third-order valence-electron chi connectivity index (χ3n) is 4.21. The van der Waals surface area contributed by atoms with Crippen molar-refractivity contribution in [2.75, 3.05) is 20.1 Å². The van der Waals surface area contributed by atoms with Crippen LogP contribution < -0.4 is 10.6 Å². The minimum Gasteiger partial charge on any atom is -0.361 e. The lowest BCUT2D eigenvalue weighted by molar-refractivity contribution is 0.783. The van der Waals surface area contributed by atoms with Crippen molar-refractivity contribution in [3.8, 4) is 0 Å². The van der Waals surface area contributed by atoms with E-state index < -0.39 is 0 Å². The zero-order valence-electron chi connectivity index (χ0n) is 15.0. The molecule has 132 valence electrons. The van der Waals surface area contributed by atoms with Crippen molar-refractivity contribution in [3.05, 3.63) is 51.6 Å². The molecule has 6 heteroatoms. The van der Waals surface area contributed by atoms with Crippen LogP contribution in [0.4, 0.5) is 0 Å². The summed E-state index contributed by atoms with van der Waals surface area (Å²) in [6.45, 7) is 5.92. The third kappa shape index (κ3) is 4.39. The molecule has 0 unspecified atom stereocenters. The van der Waals surface area contributed by atoms with Gasteiger partial charge in [0.1, 0.15) is 0 Å². The van der Waals surface area contributed by atoms with E-state index in [4.69, 9.17) is 0 Å². The summed E-state index contributed by atoms with van der Waals surface area (Å²) < 4.78 is 0. The molecule has 3 rings (SSSR count). The van der Waals surface area contributed by atoms with Gasteiger partial charge in [0.25, 0.3) is 0 Å². The van der Waals surface area contributed by atoms with E-state index in [1.165, 1.54) is 26.9 Å². The molecule has 0 radical (unpaired) electrons. The Hall–Kier alpha value is -2.34. The summed E-state index contributed by atoms with van der Waals surface area (Å²) in [6, 6.07) is 6.37. The van der Waals surface area contributed by atoms with Crippen molar-refractivity contribution in [1.29, 1.82) is 0 Å². The molecule has 0 aliphatic heterocycles. The largest absolute Gasteiger partial charge is 0.361 e. The lowest BCUT2D eigenvalue weighted by Gasteiger charge is -2.11. The number of aromatic amines is 1. The SMILES string of the molecule is CN=C(NCCc1ncc(C)s1)NCCc1c[nH]c2cccc(C)c12. The van der Waals surface area contributed by atoms with Crippen molar-refractivity contribution < 1.29 is 0 Å². The van der Waals surface area contributed by atoms with E-state index in [2.05, 4.69) is 63.8 Å². The van der Waals surface area contributed by atoms with Gasteiger partial charge in [-0.2, -0.15) is 0 Å². The maximum atomic E-state index is 4.39. The number of aryl methyl sites for hydroxylation is 2. The van der Waals surface area contributed by atoms with Gasteiger partial charge in [-0.05, 0) is 37.5 Å². The first-order valence-electron chi connectivity index (χ1n) is 8.59. The first kappa shape index (κ1) is 17.5. The Kier molecular flexibility index (Phi) is 5.71. The Morgan fingerprint density at radius 2 is 2.00 bits per heavy atom. The van der Waals surface area contributed by atoms with Gasteiger partial charge < -0.3 is 15.6 Å². The Morgan fingerprint density at radius 1 is 1.20 bits per heavy atom. The number of thiazole rings is 1. The molecule has 0 saturated heterocycles. The fourth-order valence-corrected chi connectivity index (χ4v) is 3.78. The number of guanidine groups is 1. The second-order valence-corrected chi connectivity index (χ2v) is 7.42. The van der Waals surface area contributed by atoms with E-state index in [1.807, 2.05) is 6.20 Å². The molecule has 0 aliphatic carbocycles. The molecule has 0 atom stereocenters. The number of hydrogen-bond donors (Lipinski definition) is 3. The highest BCUT2D eigenvalue weighted by Gasteiger charge is 2.06. The highest BCUT2D eigenvalue weighted by atomic mass is 32.1. The Morgan fingerprint density at radius 3 is 2.72 bits per heavy atom. The van der Waals surface area contributed by atoms with Crippen LogP contribution in [0.1, 0.15) is 21.0 Å². The van der Waals surface area contributed by atoms with Gasteiger partial charge in [-0.25, -0.2) is 4.98 Å². The van der Waals surface area contributed by atoms with Crippen molar-refractivity contribution in [3.63, 3.8) is 0 Å². The average Bonchev–Trinajstić information content (AvgIpc) is 3.20. The predicted octanol–water partition coefficient (Wildman–Crippen LogP) is 3.19. The smallest absolute Gasteiger partial charge is 0.191 e. The van der Waals surface area contributed by atoms with Crippen LogP contribution in [0.5, 0.6) is 0 Å². The molecule has 0 fully saturated rings. The molecule has 3 aromatic rings. The van der Waals surface area contributed by atoms with E-state index in [9.17, 15) is 0 Å². The molecule has 3 N–H and O–H groups in total. The van der Waals surface area contributed by atoms with Crippen molar-refractivity contribution in [2.24, 2.45) is 4.99 Å². The van der Waals surface area contributed by atoms with Crippen LogP contribution >= 0.6 is 11.3 Å². The zero-order valence-corrected chi connectivity index (χ0v) is 15.8. The van der Waals surface area contributed by atoms with Gasteiger partial charge in [0.05, 0.1) is 5.01 Å². The predicted molar refractivity (Wildman–Crippen MR) is 107 cm³/mol. The summed E-state index contributed by atoms with van der Waals surface area (Å²) in [6.07, 6.45) is 5.91. The minimum absolute atomic E-state index is 0.832. The van der Waals surface area contributed by atoms with Crippen LogP contribution in [-0.4, -0.2) is 36.1 Å². The molecule has 0 amide bonds. The number of fused-ring (bicyclic) bond motifs is 1. The molecule has 2 heterocycles. The summed E-state index contributed by atoms with van der Waals surface area (Å²) in [4.78, 5) is 13.3. The second-order valence-electron chi connectivity index (χ2n) is 6.10. The van der Waals surface area contributed by atoms with Crippen molar-refractivity contribution in [1.82, 2.24) is 20.6 Å². The average molecular weight is 356 g/mol. The van der Waals surface area contributed by atoms with E-state index >= 15 is 0 Å². The van der Waals surface area contributed by atoms with Crippen LogP contribution in [0, 0.1) is 13.8 Å². The van der Waals surface area contributed by atoms with Crippen LogP contribution in [-0.2, 0) is 12.8 Å². The zero-order chi connectivity index (χ0) is 17.6. The highest BCUT2D eigenvalue weighted by Crippen LogP contribution is 2.22. The van der Waals surface area contributed by atoms with E-state index in [-0.39, 0.29) is 0 Å². The molecule has 25 heavy (non-hydrogen) atoms. The number of rotatable bonds is 6. The molecule has 1 aromatic carbocycles. The Labute approximate surface area is 152 Å². The first-order valence-corrected chi connectivity index (χ1v) is 9.40. The molecule has 0 saturated carbocycles. The molecule has 0 aliphatic rings. The van der Waals surface area contributed by atoms with Crippen molar-refractivity contribution >= 4 is 28.2 Å². The summed E-state index contributed by atoms with van der Waals surface area (Å²) in [5.74, 6) is 0.838. The summed E-state index contributed by atoms with van der Waals surface area (Å²) >= 11 is 1.75. The third-order valence-corrected chi connectivity index (χ3v) is 5.18. The number of nitrogens with zero attached hydrogens (tertiary/aromatic N) is 2. The molecule has 5 nitrogen and oxygen atoms in total. The fraction of sp³-hybridized carbons (Fsp3) is 0.368. The number of aliphatic imine (C=N–C) groups is 1. The van der Waals surface area contributed by atoms with Crippen LogP contribution in [0.3, 0.4) is 0 Å². The minimum atomic E-state index is 0.832.